The van der Waals surface area contributed by atoms with Gasteiger partial charge >= 0.3 is 0 Å². The van der Waals surface area contributed by atoms with Gasteiger partial charge in [-0.3, -0.25) is 19.3 Å². The molecular formula is C19H23FN4O3. The fourth-order valence-electron chi connectivity index (χ4n) is 3.35. The highest BCUT2D eigenvalue weighted by Crippen LogP contribution is 2.14. The highest BCUT2D eigenvalue weighted by atomic mass is 19.1. The Morgan fingerprint density at radius 2 is 2.11 bits per heavy atom. The molecule has 8 heteroatoms. The first-order valence-corrected chi connectivity index (χ1v) is 8.97. The van der Waals surface area contributed by atoms with E-state index in [0.29, 0.717) is 29.6 Å². The van der Waals surface area contributed by atoms with Crippen LogP contribution in [0, 0.1) is 5.82 Å². The standard InChI is InChI=1S/C19H23FN4O3/c1-11(2)24-6-5-21-19(27)16(24)9-17(25)22-10-13-7-12-3-4-14(20)8-15(12)23-18(13)26/h3-4,7-8,11,16H,5-6,9-10H2,1-2H3,(H,21,27)(H,22,25)(H,23,26). The average molecular weight is 374 g/mol. The summed E-state index contributed by atoms with van der Waals surface area (Å²) in [4.78, 5) is 41.2. The number of carbonyl (C=O) groups is 2. The predicted molar refractivity (Wildman–Crippen MR) is 99.6 cm³/mol. The Hall–Kier alpha value is -2.74. The molecule has 2 aromatic rings. The second-order valence-corrected chi connectivity index (χ2v) is 6.97. The van der Waals surface area contributed by atoms with Crippen molar-refractivity contribution < 1.29 is 14.0 Å². The van der Waals surface area contributed by atoms with E-state index < -0.39 is 11.9 Å². The number of nitrogens with zero attached hydrogens (tertiary/aromatic N) is 1. The summed E-state index contributed by atoms with van der Waals surface area (Å²) >= 11 is 0. The predicted octanol–water partition coefficient (Wildman–Crippen LogP) is 0.882. The summed E-state index contributed by atoms with van der Waals surface area (Å²) in [5.74, 6) is -0.892. The Bertz CT molecular complexity index is 925. The lowest BCUT2D eigenvalue weighted by molar-refractivity contribution is -0.134. The number of hydrogen-bond donors (Lipinski definition) is 3. The molecule has 1 fully saturated rings. The molecule has 0 bridgehead atoms. The van der Waals surface area contributed by atoms with Gasteiger partial charge in [0.2, 0.25) is 11.8 Å². The topological polar surface area (TPSA) is 94.3 Å². The normalized spacial score (nSPS) is 17.9. The fraction of sp³-hybridized carbons (Fsp3) is 0.421. The van der Waals surface area contributed by atoms with Gasteiger partial charge in [-0.2, -0.15) is 0 Å². The Kier molecular flexibility index (Phi) is 5.55. The van der Waals surface area contributed by atoms with Crippen LogP contribution in [0.15, 0.2) is 29.1 Å². The van der Waals surface area contributed by atoms with Crippen LogP contribution in [0.3, 0.4) is 0 Å². The Labute approximate surface area is 155 Å². The van der Waals surface area contributed by atoms with E-state index >= 15 is 0 Å². The first-order valence-electron chi connectivity index (χ1n) is 8.97. The number of benzene rings is 1. The van der Waals surface area contributed by atoms with Gasteiger partial charge in [0.05, 0.1) is 18.0 Å². The van der Waals surface area contributed by atoms with Crippen molar-refractivity contribution in [3.63, 3.8) is 0 Å². The van der Waals surface area contributed by atoms with E-state index in [1.807, 2.05) is 18.7 Å². The van der Waals surface area contributed by atoms with Crippen LogP contribution >= 0.6 is 0 Å². The third kappa shape index (κ3) is 4.33. The molecule has 1 aromatic carbocycles. The largest absolute Gasteiger partial charge is 0.353 e. The summed E-state index contributed by atoms with van der Waals surface area (Å²) in [6.45, 7) is 5.28. The van der Waals surface area contributed by atoms with Crippen molar-refractivity contribution in [1.82, 2.24) is 20.5 Å². The van der Waals surface area contributed by atoms with Crippen LogP contribution in [0.4, 0.5) is 4.39 Å². The van der Waals surface area contributed by atoms with Crippen LogP contribution in [0.5, 0.6) is 0 Å². The molecule has 1 aliphatic rings. The third-order valence-corrected chi connectivity index (χ3v) is 4.78. The van der Waals surface area contributed by atoms with Crippen LogP contribution in [-0.2, 0) is 16.1 Å². The van der Waals surface area contributed by atoms with E-state index in [2.05, 4.69) is 15.6 Å². The molecule has 1 saturated heterocycles. The van der Waals surface area contributed by atoms with E-state index in [1.54, 1.807) is 12.1 Å². The maximum Gasteiger partial charge on any atom is 0.253 e. The number of nitrogens with one attached hydrogen (secondary N) is 3. The molecule has 0 saturated carbocycles. The van der Waals surface area contributed by atoms with Gasteiger partial charge in [-0.25, -0.2) is 4.39 Å². The number of fused-ring (bicyclic) bond motifs is 1. The molecule has 0 aliphatic carbocycles. The van der Waals surface area contributed by atoms with E-state index in [1.165, 1.54) is 12.1 Å². The zero-order chi connectivity index (χ0) is 19.6. The van der Waals surface area contributed by atoms with Crippen LogP contribution in [0.1, 0.15) is 25.8 Å². The van der Waals surface area contributed by atoms with E-state index in [-0.39, 0.29) is 36.4 Å². The maximum atomic E-state index is 13.2. The summed E-state index contributed by atoms with van der Waals surface area (Å²) in [7, 11) is 0. The Morgan fingerprint density at radius 1 is 1.33 bits per heavy atom. The number of aromatic amines is 1. The molecule has 7 nitrogen and oxygen atoms in total. The molecule has 1 unspecified atom stereocenters. The lowest BCUT2D eigenvalue weighted by atomic mass is 10.1. The maximum absolute atomic E-state index is 13.2. The minimum absolute atomic E-state index is 0.0285. The molecular weight excluding hydrogens is 351 g/mol. The van der Waals surface area contributed by atoms with Crippen LogP contribution in [0.2, 0.25) is 0 Å². The minimum atomic E-state index is -0.517. The average Bonchev–Trinajstić information content (AvgIpc) is 2.61. The number of piperazine rings is 1. The van der Waals surface area contributed by atoms with Gasteiger partial charge in [-0.15, -0.1) is 0 Å². The van der Waals surface area contributed by atoms with Crippen LogP contribution < -0.4 is 16.2 Å². The van der Waals surface area contributed by atoms with Crippen molar-refractivity contribution in [1.29, 1.82) is 0 Å². The number of rotatable bonds is 5. The molecule has 27 heavy (non-hydrogen) atoms. The van der Waals surface area contributed by atoms with Crippen LogP contribution in [-0.4, -0.2) is 46.9 Å². The highest BCUT2D eigenvalue weighted by molar-refractivity contribution is 5.89. The number of amides is 2. The monoisotopic (exact) mass is 374 g/mol. The second-order valence-electron chi connectivity index (χ2n) is 6.97. The Balaban J connectivity index is 1.67. The first-order chi connectivity index (χ1) is 12.8. The van der Waals surface area contributed by atoms with Crippen molar-refractivity contribution in [2.45, 2.75) is 38.9 Å². The van der Waals surface area contributed by atoms with Crippen molar-refractivity contribution in [3.8, 4) is 0 Å². The van der Waals surface area contributed by atoms with Crippen LogP contribution in [0.25, 0.3) is 10.9 Å². The summed E-state index contributed by atoms with van der Waals surface area (Å²) < 4.78 is 13.2. The molecule has 3 N–H and O–H groups in total. The van der Waals surface area contributed by atoms with Gasteiger partial charge in [0.25, 0.3) is 5.56 Å². The van der Waals surface area contributed by atoms with Gasteiger partial charge in [0, 0.05) is 31.2 Å². The molecule has 0 radical (unpaired) electrons. The second kappa shape index (κ2) is 7.87. The lowest BCUT2D eigenvalue weighted by Gasteiger charge is -2.37. The highest BCUT2D eigenvalue weighted by Gasteiger charge is 2.32. The van der Waals surface area contributed by atoms with E-state index in [9.17, 15) is 18.8 Å². The van der Waals surface area contributed by atoms with Gasteiger partial charge in [-0.05, 0) is 43.5 Å². The quantitative estimate of drug-likeness (QED) is 0.724. The SMILES string of the molecule is CC(C)N1CCNC(=O)C1CC(=O)NCc1cc2ccc(F)cc2[nH]c1=O. The van der Waals surface area contributed by atoms with Crippen molar-refractivity contribution in [2.75, 3.05) is 13.1 Å². The van der Waals surface area contributed by atoms with Gasteiger partial charge in [0.15, 0.2) is 0 Å². The summed E-state index contributed by atoms with van der Waals surface area (Å²) in [6, 6.07) is 5.39. The molecule has 2 amide bonds. The van der Waals surface area contributed by atoms with Crippen molar-refractivity contribution >= 4 is 22.7 Å². The number of H-pyrrole nitrogens is 1. The summed E-state index contributed by atoms with van der Waals surface area (Å²) in [6.07, 6.45) is 0.0285. The van der Waals surface area contributed by atoms with Gasteiger partial charge in [0.1, 0.15) is 5.82 Å². The zero-order valence-corrected chi connectivity index (χ0v) is 15.3. The molecule has 0 spiro atoms. The number of pyridine rings is 1. The third-order valence-electron chi connectivity index (χ3n) is 4.78. The molecule has 2 heterocycles. The zero-order valence-electron chi connectivity index (χ0n) is 15.3. The van der Waals surface area contributed by atoms with E-state index in [0.717, 1.165) is 0 Å². The number of aromatic nitrogens is 1. The van der Waals surface area contributed by atoms with Crippen molar-refractivity contribution in [2.24, 2.45) is 0 Å². The molecule has 1 atom stereocenters. The number of hydrogen-bond acceptors (Lipinski definition) is 4. The van der Waals surface area contributed by atoms with Gasteiger partial charge < -0.3 is 15.6 Å². The smallest absolute Gasteiger partial charge is 0.253 e. The molecule has 1 aromatic heterocycles. The number of carbonyl (C=O) groups excluding carboxylic acids is 2. The molecule has 144 valence electrons. The first kappa shape index (κ1) is 19.0. The van der Waals surface area contributed by atoms with E-state index in [4.69, 9.17) is 0 Å². The lowest BCUT2D eigenvalue weighted by Crippen LogP contribution is -2.58. The minimum Gasteiger partial charge on any atom is -0.353 e. The molecule has 1 aliphatic heterocycles. The summed E-state index contributed by atoms with van der Waals surface area (Å²) in [5, 5.41) is 6.17. The molecule has 3 rings (SSSR count). The van der Waals surface area contributed by atoms with Gasteiger partial charge in [-0.1, -0.05) is 0 Å². The Morgan fingerprint density at radius 3 is 2.85 bits per heavy atom. The summed E-state index contributed by atoms with van der Waals surface area (Å²) in [5.41, 5.74) is 0.394. The fourth-order valence-corrected chi connectivity index (χ4v) is 3.35. The van der Waals surface area contributed by atoms with Crippen molar-refractivity contribution in [3.05, 3.63) is 46.0 Å². The number of halogens is 1.